The van der Waals surface area contributed by atoms with E-state index in [1.165, 1.54) is 0 Å². The largest absolute Gasteiger partial charge is 0.479 e. The molecule has 0 amide bonds. The Hall–Kier alpha value is -1.47. The zero-order valence-electron chi connectivity index (χ0n) is 11.9. The van der Waals surface area contributed by atoms with E-state index in [2.05, 4.69) is 10.1 Å². The summed E-state index contributed by atoms with van der Waals surface area (Å²) < 4.78 is 16.2. The zero-order chi connectivity index (χ0) is 14.7. The molecule has 20 heavy (non-hydrogen) atoms. The average Bonchev–Trinajstić information content (AvgIpc) is 3.03. The van der Waals surface area contributed by atoms with Crippen LogP contribution < -0.4 is 0 Å². The van der Waals surface area contributed by atoms with Gasteiger partial charge < -0.3 is 19.1 Å². The van der Waals surface area contributed by atoms with Crippen molar-refractivity contribution in [2.75, 3.05) is 6.61 Å². The Kier molecular flexibility index (Phi) is 4.72. The van der Waals surface area contributed by atoms with Gasteiger partial charge in [0.05, 0.1) is 0 Å². The Morgan fingerprint density at radius 2 is 2.25 bits per heavy atom. The van der Waals surface area contributed by atoms with Crippen molar-refractivity contribution in [2.45, 2.75) is 51.9 Å². The molecular weight excluding hydrogens is 264 g/mol. The van der Waals surface area contributed by atoms with Crippen molar-refractivity contribution >= 4 is 5.97 Å². The van der Waals surface area contributed by atoms with Crippen LogP contribution in [0.15, 0.2) is 4.52 Å². The molecule has 3 atom stereocenters. The summed E-state index contributed by atoms with van der Waals surface area (Å²) in [5, 5.41) is 12.8. The first-order valence-corrected chi connectivity index (χ1v) is 6.86. The highest BCUT2D eigenvalue weighted by atomic mass is 16.6. The fourth-order valence-corrected chi connectivity index (χ4v) is 2.24. The molecule has 3 unspecified atom stereocenters. The maximum absolute atomic E-state index is 10.9. The summed E-state index contributed by atoms with van der Waals surface area (Å²) in [6, 6.07) is 0. The summed E-state index contributed by atoms with van der Waals surface area (Å²) in [5.41, 5.74) is 0. The topological polar surface area (TPSA) is 94.7 Å². The lowest BCUT2D eigenvalue weighted by Crippen LogP contribution is -2.18. The van der Waals surface area contributed by atoms with E-state index < -0.39 is 18.2 Å². The van der Waals surface area contributed by atoms with Crippen LogP contribution in [0.1, 0.15) is 57.5 Å². The number of aliphatic carboxylic acids is 1. The van der Waals surface area contributed by atoms with Gasteiger partial charge in [-0.2, -0.15) is 4.98 Å². The number of carbonyl (C=O) groups is 1. The highest BCUT2D eigenvalue weighted by molar-refractivity contribution is 5.72. The SMILES string of the molecule is CCOC(c1noc(C2CCC(C(=O)O)O2)n1)C(C)C. The molecule has 2 rings (SSSR count). The Morgan fingerprint density at radius 3 is 2.80 bits per heavy atom. The average molecular weight is 284 g/mol. The van der Waals surface area contributed by atoms with Gasteiger partial charge in [0.25, 0.3) is 5.89 Å². The first-order valence-electron chi connectivity index (χ1n) is 6.86. The van der Waals surface area contributed by atoms with Crippen LogP contribution in [-0.4, -0.2) is 33.9 Å². The van der Waals surface area contributed by atoms with Crippen LogP contribution in [0, 0.1) is 5.92 Å². The molecule has 0 aliphatic carbocycles. The molecule has 1 aromatic heterocycles. The lowest BCUT2D eigenvalue weighted by molar-refractivity contribution is -0.150. The van der Waals surface area contributed by atoms with Gasteiger partial charge in [0.15, 0.2) is 6.10 Å². The molecule has 1 N–H and O–H groups in total. The first kappa shape index (κ1) is 14.9. The van der Waals surface area contributed by atoms with E-state index in [1.807, 2.05) is 20.8 Å². The smallest absolute Gasteiger partial charge is 0.332 e. The number of nitrogens with zero attached hydrogens (tertiary/aromatic N) is 2. The number of hydrogen-bond acceptors (Lipinski definition) is 6. The van der Waals surface area contributed by atoms with Gasteiger partial charge in [-0.1, -0.05) is 19.0 Å². The molecule has 112 valence electrons. The Balaban J connectivity index is 2.07. The van der Waals surface area contributed by atoms with Crippen LogP contribution in [-0.2, 0) is 14.3 Å². The van der Waals surface area contributed by atoms with E-state index in [1.54, 1.807) is 0 Å². The van der Waals surface area contributed by atoms with E-state index in [0.717, 1.165) is 0 Å². The highest BCUT2D eigenvalue weighted by Gasteiger charge is 2.35. The summed E-state index contributed by atoms with van der Waals surface area (Å²) in [7, 11) is 0. The molecule has 0 spiro atoms. The minimum atomic E-state index is -0.957. The van der Waals surface area contributed by atoms with Gasteiger partial charge in [0.1, 0.15) is 12.2 Å². The maximum atomic E-state index is 10.9. The standard InChI is InChI=1S/C13H20N2O5/c1-4-18-10(7(2)3)11-14-12(20-15-11)8-5-6-9(19-8)13(16)17/h7-10H,4-6H2,1-3H3,(H,16,17). The van der Waals surface area contributed by atoms with Crippen molar-refractivity contribution < 1.29 is 23.9 Å². The minimum absolute atomic E-state index is 0.219. The molecule has 0 radical (unpaired) electrons. The molecule has 1 aliphatic rings. The lowest BCUT2D eigenvalue weighted by Gasteiger charge is -2.16. The first-order chi connectivity index (χ1) is 9.52. The van der Waals surface area contributed by atoms with Gasteiger partial charge >= 0.3 is 5.97 Å². The predicted molar refractivity (Wildman–Crippen MR) is 68.0 cm³/mol. The number of ether oxygens (including phenoxy) is 2. The van der Waals surface area contributed by atoms with E-state index in [0.29, 0.717) is 31.2 Å². The molecule has 0 aromatic carbocycles. The summed E-state index contributed by atoms with van der Waals surface area (Å²) in [6.07, 6.45) is -0.430. The molecule has 7 nitrogen and oxygen atoms in total. The van der Waals surface area contributed by atoms with Crippen LogP contribution in [0.25, 0.3) is 0 Å². The molecular formula is C13H20N2O5. The van der Waals surface area contributed by atoms with E-state index >= 15 is 0 Å². The van der Waals surface area contributed by atoms with Crippen molar-refractivity contribution in [3.05, 3.63) is 11.7 Å². The van der Waals surface area contributed by atoms with Crippen LogP contribution in [0.3, 0.4) is 0 Å². The van der Waals surface area contributed by atoms with Crippen molar-refractivity contribution in [1.29, 1.82) is 0 Å². The molecule has 0 saturated carbocycles. The number of aromatic nitrogens is 2. The summed E-state index contributed by atoms with van der Waals surface area (Å²) in [5.74, 6) is 0.0756. The fraction of sp³-hybridized carbons (Fsp3) is 0.769. The Morgan fingerprint density at radius 1 is 1.50 bits per heavy atom. The van der Waals surface area contributed by atoms with E-state index in [9.17, 15) is 4.79 Å². The number of rotatable bonds is 6. The Labute approximate surface area is 117 Å². The van der Waals surface area contributed by atoms with Crippen LogP contribution in [0.4, 0.5) is 0 Å². The van der Waals surface area contributed by atoms with Gasteiger partial charge in [-0.05, 0) is 25.7 Å². The van der Waals surface area contributed by atoms with Crippen molar-refractivity contribution in [3.63, 3.8) is 0 Å². The number of hydrogen-bond donors (Lipinski definition) is 1. The second-order valence-electron chi connectivity index (χ2n) is 5.14. The summed E-state index contributed by atoms with van der Waals surface area (Å²) >= 11 is 0. The predicted octanol–water partition coefficient (Wildman–Crippen LogP) is 2.11. The normalized spacial score (nSPS) is 24.2. The molecule has 1 aliphatic heterocycles. The maximum Gasteiger partial charge on any atom is 0.332 e. The van der Waals surface area contributed by atoms with Crippen molar-refractivity contribution in [3.8, 4) is 0 Å². The van der Waals surface area contributed by atoms with Crippen LogP contribution >= 0.6 is 0 Å². The molecule has 7 heteroatoms. The van der Waals surface area contributed by atoms with E-state index in [4.69, 9.17) is 19.1 Å². The lowest BCUT2D eigenvalue weighted by atomic mass is 10.1. The Bertz CT molecular complexity index is 459. The molecule has 1 fully saturated rings. The second-order valence-corrected chi connectivity index (χ2v) is 5.14. The van der Waals surface area contributed by atoms with Crippen LogP contribution in [0.2, 0.25) is 0 Å². The highest BCUT2D eigenvalue weighted by Crippen LogP contribution is 2.33. The van der Waals surface area contributed by atoms with Crippen molar-refractivity contribution in [1.82, 2.24) is 10.1 Å². The van der Waals surface area contributed by atoms with Gasteiger partial charge in [-0.25, -0.2) is 4.79 Å². The second kappa shape index (κ2) is 6.32. The summed E-state index contributed by atoms with van der Waals surface area (Å²) in [6.45, 7) is 6.51. The molecule has 0 bridgehead atoms. The summed E-state index contributed by atoms with van der Waals surface area (Å²) in [4.78, 5) is 15.2. The minimum Gasteiger partial charge on any atom is -0.479 e. The van der Waals surface area contributed by atoms with Gasteiger partial charge in [0.2, 0.25) is 5.82 Å². The number of carboxylic acids is 1. The third-order valence-corrected chi connectivity index (χ3v) is 3.23. The van der Waals surface area contributed by atoms with Crippen molar-refractivity contribution in [2.24, 2.45) is 5.92 Å². The van der Waals surface area contributed by atoms with Gasteiger partial charge in [-0.3, -0.25) is 0 Å². The van der Waals surface area contributed by atoms with E-state index in [-0.39, 0.29) is 12.0 Å². The third-order valence-electron chi connectivity index (χ3n) is 3.23. The van der Waals surface area contributed by atoms with Gasteiger partial charge in [0, 0.05) is 6.61 Å². The molecule has 2 heterocycles. The fourth-order valence-electron chi connectivity index (χ4n) is 2.24. The molecule has 1 aromatic rings. The monoisotopic (exact) mass is 284 g/mol. The zero-order valence-corrected chi connectivity index (χ0v) is 11.9. The van der Waals surface area contributed by atoms with Crippen LogP contribution in [0.5, 0.6) is 0 Å². The quantitative estimate of drug-likeness (QED) is 0.854. The third kappa shape index (κ3) is 3.16. The molecule has 1 saturated heterocycles. The van der Waals surface area contributed by atoms with Gasteiger partial charge in [-0.15, -0.1) is 0 Å². The number of carboxylic acid groups (broad SMARTS) is 1.